The molecule has 1 fully saturated rings. The molecule has 0 saturated carbocycles. The van der Waals surface area contributed by atoms with Crippen molar-refractivity contribution in [2.75, 3.05) is 19.7 Å². The van der Waals surface area contributed by atoms with Gasteiger partial charge in [0.2, 0.25) is 0 Å². The molecule has 2 nitrogen and oxygen atoms in total. The molecule has 2 heteroatoms. The maximum absolute atomic E-state index is 9.02. The van der Waals surface area contributed by atoms with Gasteiger partial charge in [-0.3, -0.25) is 4.90 Å². The van der Waals surface area contributed by atoms with Gasteiger partial charge in [0, 0.05) is 19.7 Å². The summed E-state index contributed by atoms with van der Waals surface area (Å²) in [6, 6.07) is 10.5. The van der Waals surface area contributed by atoms with E-state index in [1.165, 1.54) is 5.56 Å². The smallest absolute Gasteiger partial charge is 0.0471 e. The normalized spacial score (nSPS) is 22.8. The fourth-order valence-electron chi connectivity index (χ4n) is 2.05. The Labute approximate surface area is 85.2 Å². The van der Waals surface area contributed by atoms with E-state index in [2.05, 4.69) is 29.2 Å². The van der Waals surface area contributed by atoms with Gasteiger partial charge in [0.15, 0.2) is 0 Å². The Balaban J connectivity index is 1.88. The van der Waals surface area contributed by atoms with Crippen LogP contribution in [0.5, 0.6) is 0 Å². The first-order valence-corrected chi connectivity index (χ1v) is 5.25. The molecule has 0 spiro atoms. The van der Waals surface area contributed by atoms with Gasteiger partial charge in [-0.05, 0) is 24.4 Å². The van der Waals surface area contributed by atoms with Crippen LogP contribution in [0.3, 0.4) is 0 Å². The monoisotopic (exact) mass is 191 g/mol. The van der Waals surface area contributed by atoms with Gasteiger partial charge in [0.1, 0.15) is 0 Å². The standard InChI is InChI=1S/C12H17NO/c14-10-12-6-7-13(9-12)8-11-4-2-1-3-5-11/h1-5,12,14H,6-10H2/t12-/m1/s1. The topological polar surface area (TPSA) is 23.5 Å². The summed E-state index contributed by atoms with van der Waals surface area (Å²) in [7, 11) is 0. The lowest BCUT2D eigenvalue weighted by molar-refractivity contribution is 0.220. The van der Waals surface area contributed by atoms with Crippen molar-refractivity contribution in [1.29, 1.82) is 0 Å². The van der Waals surface area contributed by atoms with Gasteiger partial charge in [0.05, 0.1) is 0 Å². The molecule has 1 saturated heterocycles. The molecule has 0 aliphatic carbocycles. The lowest BCUT2D eigenvalue weighted by atomic mass is 10.1. The third-order valence-corrected chi connectivity index (χ3v) is 2.88. The van der Waals surface area contributed by atoms with Gasteiger partial charge < -0.3 is 5.11 Å². The molecule has 0 radical (unpaired) electrons. The summed E-state index contributed by atoms with van der Waals surface area (Å²) in [6.45, 7) is 3.54. The predicted octanol–water partition coefficient (Wildman–Crippen LogP) is 1.50. The van der Waals surface area contributed by atoms with Gasteiger partial charge in [-0.2, -0.15) is 0 Å². The number of hydrogen-bond donors (Lipinski definition) is 1. The highest BCUT2D eigenvalue weighted by molar-refractivity contribution is 5.14. The van der Waals surface area contributed by atoms with Crippen LogP contribution in [0.25, 0.3) is 0 Å². The first kappa shape index (κ1) is 9.69. The van der Waals surface area contributed by atoms with E-state index in [0.717, 1.165) is 26.1 Å². The Morgan fingerprint density at radius 3 is 2.71 bits per heavy atom. The minimum atomic E-state index is 0.339. The molecule has 1 N–H and O–H groups in total. The second-order valence-electron chi connectivity index (χ2n) is 4.06. The molecule has 0 amide bonds. The zero-order chi connectivity index (χ0) is 9.80. The number of aliphatic hydroxyl groups is 1. The van der Waals surface area contributed by atoms with Crippen molar-refractivity contribution in [2.24, 2.45) is 5.92 Å². The second-order valence-corrected chi connectivity index (χ2v) is 4.06. The maximum Gasteiger partial charge on any atom is 0.0471 e. The first-order chi connectivity index (χ1) is 6.88. The summed E-state index contributed by atoms with van der Waals surface area (Å²) in [4.78, 5) is 2.41. The lowest BCUT2D eigenvalue weighted by Gasteiger charge is -2.15. The number of nitrogens with zero attached hydrogens (tertiary/aromatic N) is 1. The summed E-state index contributed by atoms with van der Waals surface area (Å²) >= 11 is 0. The molecule has 1 aromatic carbocycles. The van der Waals surface area contributed by atoms with Crippen molar-refractivity contribution in [3.05, 3.63) is 35.9 Å². The van der Waals surface area contributed by atoms with Gasteiger partial charge in [-0.15, -0.1) is 0 Å². The minimum absolute atomic E-state index is 0.339. The van der Waals surface area contributed by atoms with E-state index in [9.17, 15) is 0 Å². The number of hydrogen-bond acceptors (Lipinski definition) is 2. The number of likely N-dealkylation sites (tertiary alicyclic amines) is 1. The molecule has 0 unspecified atom stereocenters. The average Bonchev–Trinajstić information content (AvgIpc) is 2.67. The number of benzene rings is 1. The third-order valence-electron chi connectivity index (χ3n) is 2.88. The summed E-state index contributed by atoms with van der Waals surface area (Å²) in [6.07, 6.45) is 1.14. The third kappa shape index (κ3) is 2.34. The highest BCUT2D eigenvalue weighted by atomic mass is 16.3. The lowest BCUT2D eigenvalue weighted by Crippen LogP contribution is -2.20. The summed E-state index contributed by atoms with van der Waals surface area (Å²) in [5, 5.41) is 9.02. The van der Waals surface area contributed by atoms with Crippen molar-refractivity contribution in [3.8, 4) is 0 Å². The molecule has 1 aromatic rings. The van der Waals surface area contributed by atoms with E-state index in [-0.39, 0.29) is 0 Å². The Morgan fingerprint density at radius 2 is 2.07 bits per heavy atom. The Morgan fingerprint density at radius 1 is 1.29 bits per heavy atom. The van der Waals surface area contributed by atoms with E-state index >= 15 is 0 Å². The molecule has 2 rings (SSSR count). The van der Waals surface area contributed by atoms with Crippen molar-refractivity contribution < 1.29 is 5.11 Å². The van der Waals surface area contributed by atoms with E-state index in [0.29, 0.717) is 12.5 Å². The highest BCUT2D eigenvalue weighted by Gasteiger charge is 2.21. The molecule has 76 valence electrons. The zero-order valence-electron chi connectivity index (χ0n) is 8.39. The van der Waals surface area contributed by atoms with Gasteiger partial charge >= 0.3 is 0 Å². The van der Waals surface area contributed by atoms with Gasteiger partial charge in [-0.1, -0.05) is 30.3 Å². The SMILES string of the molecule is OC[C@@H]1CCN(Cc2ccccc2)C1. The van der Waals surface area contributed by atoms with Crippen molar-refractivity contribution in [2.45, 2.75) is 13.0 Å². The second kappa shape index (κ2) is 4.58. The molecular weight excluding hydrogens is 174 g/mol. The Bertz CT molecular complexity index is 273. The fraction of sp³-hybridized carbons (Fsp3) is 0.500. The largest absolute Gasteiger partial charge is 0.396 e. The molecule has 1 aliphatic rings. The van der Waals surface area contributed by atoms with Gasteiger partial charge in [0.25, 0.3) is 0 Å². The Kier molecular flexibility index (Phi) is 3.17. The van der Waals surface area contributed by atoms with Crippen LogP contribution in [0.15, 0.2) is 30.3 Å². The molecule has 1 atom stereocenters. The average molecular weight is 191 g/mol. The molecule has 0 bridgehead atoms. The van der Waals surface area contributed by atoms with Crippen LogP contribution in [-0.4, -0.2) is 29.7 Å². The number of aliphatic hydroxyl groups excluding tert-OH is 1. The van der Waals surface area contributed by atoms with Crippen LogP contribution >= 0.6 is 0 Å². The van der Waals surface area contributed by atoms with Crippen LogP contribution in [0.1, 0.15) is 12.0 Å². The number of rotatable bonds is 3. The fourth-order valence-corrected chi connectivity index (χ4v) is 2.05. The summed E-state index contributed by atoms with van der Waals surface area (Å²) < 4.78 is 0. The van der Waals surface area contributed by atoms with Crippen molar-refractivity contribution in [3.63, 3.8) is 0 Å². The molecule has 1 heterocycles. The predicted molar refractivity (Wildman–Crippen MR) is 56.9 cm³/mol. The summed E-state index contributed by atoms with van der Waals surface area (Å²) in [5.41, 5.74) is 1.37. The molecule has 0 aromatic heterocycles. The van der Waals surface area contributed by atoms with Crippen LogP contribution in [0, 0.1) is 5.92 Å². The maximum atomic E-state index is 9.02. The van der Waals surface area contributed by atoms with Crippen molar-refractivity contribution in [1.82, 2.24) is 4.90 Å². The van der Waals surface area contributed by atoms with Crippen LogP contribution < -0.4 is 0 Å². The minimum Gasteiger partial charge on any atom is -0.396 e. The van der Waals surface area contributed by atoms with E-state index in [1.54, 1.807) is 0 Å². The first-order valence-electron chi connectivity index (χ1n) is 5.25. The van der Waals surface area contributed by atoms with E-state index in [1.807, 2.05) is 6.07 Å². The summed E-state index contributed by atoms with van der Waals surface area (Å²) in [5.74, 6) is 0.499. The van der Waals surface area contributed by atoms with Crippen LogP contribution in [0.4, 0.5) is 0 Å². The quantitative estimate of drug-likeness (QED) is 0.782. The molecule has 14 heavy (non-hydrogen) atoms. The van der Waals surface area contributed by atoms with E-state index in [4.69, 9.17) is 5.11 Å². The molecule has 1 aliphatic heterocycles. The zero-order valence-corrected chi connectivity index (χ0v) is 8.39. The van der Waals surface area contributed by atoms with Crippen LogP contribution in [0.2, 0.25) is 0 Å². The van der Waals surface area contributed by atoms with E-state index < -0.39 is 0 Å². The van der Waals surface area contributed by atoms with Crippen LogP contribution in [-0.2, 0) is 6.54 Å². The highest BCUT2D eigenvalue weighted by Crippen LogP contribution is 2.17. The van der Waals surface area contributed by atoms with Gasteiger partial charge in [-0.25, -0.2) is 0 Å². The molecular formula is C12H17NO. The van der Waals surface area contributed by atoms with Crippen molar-refractivity contribution >= 4 is 0 Å². The Hall–Kier alpha value is -0.860.